The van der Waals surface area contributed by atoms with E-state index >= 15 is 0 Å². The zero-order valence-electron chi connectivity index (χ0n) is 19.8. The number of anilines is 1. The lowest BCUT2D eigenvalue weighted by Gasteiger charge is -2.19. The molecular weight excluding hydrogens is 434 g/mol. The molecule has 0 radical (unpaired) electrons. The standard InChI is InChI=1S/C26H31N3O5/c1-26(2,3)34-25(32)28-18-16-23(30)29-22-14-12-20(13-15-22)9-7-8-17-27-24(31)33-19-21-10-5-4-6-11-21/h4-6,10-15H,8,16-19H2,1-3H3,(H,27,31)(H,28,32)(H,29,30). The van der Waals surface area contributed by atoms with Crippen molar-refractivity contribution in [3.8, 4) is 11.8 Å². The van der Waals surface area contributed by atoms with E-state index in [9.17, 15) is 14.4 Å². The van der Waals surface area contributed by atoms with E-state index < -0.39 is 17.8 Å². The molecule has 0 bridgehead atoms. The van der Waals surface area contributed by atoms with E-state index in [4.69, 9.17) is 9.47 Å². The topological polar surface area (TPSA) is 106 Å². The quantitative estimate of drug-likeness (QED) is 0.400. The van der Waals surface area contributed by atoms with Gasteiger partial charge in [-0.05, 0) is 50.6 Å². The van der Waals surface area contributed by atoms with Crippen LogP contribution in [-0.4, -0.2) is 36.8 Å². The number of carbonyl (C=O) groups is 3. The Labute approximate surface area is 200 Å². The molecule has 0 spiro atoms. The number of hydrogen-bond acceptors (Lipinski definition) is 5. The lowest BCUT2D eigenvalue weighted by molar-refractivity contribution is -0.116. The molecule has 2 rings (SSSR count). The Balaban J connectivity index is 1.62. The summed E-state index contributed by atoms with van der Waals surface area (Å²) in [6.07, 6.45) is -0.430. The van der Waals surface area contributed by atoms with Crippen LogP contribution in [0.5, 0.6) is 0 Å². The molecule has 0 aromatic heterocycles. The van der Waals surface area contributed by atoms with Crippen LogP contribution in [0, 0.1) is 11.8 Å². The van der Waals surface area contributed by atoms with E-state index in [1.807, 2.05) is 30.3 Å². The first-order chi connectivity index (χ1) is 16.2. The predicted octanol–water partition coefficient (Wildman–Crippen LogP) is 4.21. The Hall–Kier alpha value is -3.99. The monoisotopic (exact) mass is 465 g/mol. The minimum atomic E-state index is -0.581. The van der Waals surface area contributed by atoms with Gasteiger partial charge in [0.15, 0.2) is 0 Å². The summed E-state index contributed by atoms with van der Waals surface area (Å²) in [5, 5.41) is 7.97. The third-order valence-corrected chi connectivity index (χ3v) is 4.15. The van der Waals surface area contributed by atoms with Crippen molar-refractivity contribution in [3.05, 3.63) is 65.7 Å². The van der Waals surface area contributed by atoms with Crippen LogP contribution in [0.2, 0.25) is 0 Å². The van der Waals surface area contributed by atoms with E-state index in [-0.39, 0.29) is 25.5 Å². The molecular formula is C26H31N3O5. The van der Waals surface area contributed by atoms with Gasteiger partial charge in [0.05, 0.1) is 0 Å². The predicted molar refractivity (Wildman–Crippen MR) is 130 cm³/mol. The van der Waals surface area contributed by atoms with Crippen LogP contribution in [0.4, 0.5) is 15.3 Å². The SMILES string of the molecule is CC(C)(C)OC(=O)NCCC(=O)Nc1ccc(C#CCCNC(=O)OCc2ccccc2)cc1. The Bertz CT molecular complexity index is 1000. The van der Waals surface area contributed by atoms with Crippen molar-refractivity contribution in [1.29, 1.82) is 0 Å². The fraction of sp³-hybridized carbons (Fsp3) is 0.346. The number of alkyl carbamates (subject to hydrolysis) is 2. The summed E-state index contributed by atoms with van der Waals surface area (Å²) in [5.41, 5.74) is 1.77. The average Bonchev–Trinajstić information content (AvgIpc) is 2.78. The molecule has 0 aliphatic rings. The molecule has 0 heterocycles. The van der Waals surface area contributed by atoms with Crippen LogP contribution in [-0.2, 0) is 20.9 Å². The van der Waals surface area contributed by atoms with Crippen molar-refractivity contribution in [2.24, 2.45) is 0 Å². The number of carbonyl (C=O) groups excluding carboxylic acids is 3. The maximum absolute atomic E-state index is 12.0. The third kappa shape index (κ3) is 11.6. The molecule has 2 aromatic rings. The zero-order valence-corrected chi connectivity index (χ0v) is 19.8. The van der Waals surface area contributed by atoms with Gasteiger partial charge in [0.1, 0.15) is 12.2 Å². The minimum absolute atomic E-state index is 0.127. The first-order valence-corrected chi connectivity index (χ1v) is 11.0. The van der Waals surface area contributed by atoms with Gasteiger partial charge in [0.25, 0.3) is 0 Å². The normalized spacial score (nSPS) is 10.3. The van der Waals surface area contributed by atoms with E-state index in [0.29, 0.717) is 18.7 Å². The van der Waals surface area contributed by atoms with E-state index in [1.165, 1.54) is 0 Å². The highest BCUT2D eigenvalue weighted by Gasteiger charge is 2.15. The molecule has 8 nitrogen and oxygen atoms in total. The van der Waals surface area contributed by atoms with E-state index in [2.05, 4.69) is 27.8 Å². The number of amides is 3. The average molecular weight is 466 g/mol. The number of hydrogen-bond donors (Lipinski definition) is 3. The summed E-state index contributed by atoms with van der Waals surface area (Å²) >= 11 is 0. The fourth-order valence-corrected chi connectivity index (χ4v) is 2.62. The summed E-state index contributed by atoms with van der Waals surface area (Å²) in [6, 6.07) is 16.6. The van der Waals surface area contributed by atoms with Crippen LogP contribution in [0.15, 0.2) is 54.6 Å². The van der Waals surface area contributed by atoms with Crippen LogP contribution in [0.1, 0.15) is 44.7 Å². The Morgan fingerprint density at radius 3 is 2.24 bits per heavy atom. The zero-order chi connectivity index (χ0) is 24.8. The molecule has 0 atom stereocenters. The second-order valence-electron chi connectivity index (χ2n) is 8.34. The van der Waals surface area contributed by atoms with Crippen molar-refractivity contribution in [2.75, 3.05) is 18.4 Å². The summed E-state index contributed by atoms with van der Waals surface area (Å²) < 4.78 is 10.2. The molecule has 2 aromatic carbocycles. The summed E-state index contributed by atoms with van der Waals surface area (Å²) in [4.78, 5) is 35.3. The maximum Gasteiger partial charge on any atom is 0.407 e. The van der Waals surface area contributed by atoms with Crippen molar-refractivity contribution in [3.63, 3.8) is 0 Å². The number of rotatable bonds is 8. The largest absolute Gasteiger partial charge is 0.445 e. The molecule has 0 aliphatic carbocycles. The minimum Gasteiger partial charge on any atom is -0.445 e. The second kappa shape index (κ2) is 13.5. The molecule has 8 heteroatoms. The number of nitrogens with one attached hydrogen (secondary N) is 3. The van der Waals surface area contributed by atoms with E-state index in [1.54, 1.807) is 45.0 Å². The smallest absolute Gasteiger partial charge is 0.407 e. The molecule has 3 N–H and O–H groups in total. The van der Waals surface area contributed by atoms with Gasteiger partial charge in [0, 0.05) is 37.2 Å². The first-order valence-electron chi connectivity index (χ1n) is 11.0. The molecule has 3 amide bonds. The van der Waals surface area contributed by atoms with Crippen LogP contribution < -0.4 is 16.0 Å². The molecule has 34 heavy (non-hydrogen) atoms. The maximum atomic E-state index is 12.0. The molecule has 0 fully saturated rings. The second-order valence-corrected chi connectivity index (χ2v) is 8.34. The van der Waals surface area contributed by atoms with Gasteiger partial charge in [-0.15, -0.1) is 0 Å². The van der Waals surface area contributed by atoms with Gasteiger partial charge in [-0.3, -0.25) is 4.79 Å². The van der Waals surface area contributed by atoms with Crippen molar-refractivity contribution in [1.82, 2.24) is 10.6 Å². The van der Waals surface area contributed by atoms with Crippen LogP contribution in [0.3, 0.4) is 0 Å². The summed E-state index contributed by atoms with van der Waals surface area (Å²) in [6.45, 7) is 6.10. The van der Waals surface area contributed by atoms with Gasteiger partial charge in [-0.1, -0.05) is 42.2 Å². The van der Waals surface area contributed by atoms with Gasteiger partial charge < -0.3 is 25.4 Å². The van der Waals surface area contributed by atoms with Crippen molar-refractivity contribution < 1.29 is 23.9 Å². The summed E-state index contributed by atoms with van der Waals surface area (Å²) in [5.74, 6) is 5.77. The highest BCUT2D eigenvalue weighted by Crippen LogP contribution is 2.09. The van der Waals surface area contributed by atoms with Gasteiger partial charge >= 0.3 is 12.2 Å². The van der Waals surface area contributed by atoms with Gasteiger partial charge in [0.2, 0.25) is 5.91 Å². The molecule has 0 saturated carbocycles. The van der Waals surface area contributed by atoms with Crippen LogP contribution in [0.25, 0.3) is 0 Å². The van der Waals surface area contributed by atoms with Crippen LogP contribution >= 0.6 is 0 Å². The Morgan fingerprint density at radius 1 is 0.882 bits per heavy atom. The lowest BCUT2D eigenvalue weighted by Crippen LogP contribution is -2.34. The Kier molecular flexibility index (Phi) is 10.5. The fourth-order valence-electron chi connectivity index (χ4n) is 2.62. The first kappa shape index (κ1) is 26.3. The van der Waals surface area contributed by atoms with Crippen molar-refractivity contribution >= 4 is 23.8 Å². The number of ether oxygens (including phenoxy) is 2. The number of benzene rings is 2. The van der Waals surface area contributed by atoms with Gasteiger partial charge in [-0.25, -0.2) is 9.59 Å². The molecule has 0 saturated heterocycles. The highest BCUT2D eigenvalue weighted by molar-refractivity contribution is 5.91. The summed E-state index contributed by atoms with van der Waals surface area (Å²) in [7, 11) is 0. The lowest BCUT2D eigenvalue weighted by atomic mass is 10.2. The molecule has 0 unspecified atom stereocenters. The third-order valence-electron chi connectivity index (χ3n) is 4.15. The highest BCUT2D eigenvalue weighted by atomic mass is 16.6. The Morgan fingerprint density at radius 2 is 1.56 bits per heavy atom. The van der Waals surface area contributed by atoms with Crippen molar-refractivity contribution in [2.45, 2.75) is 45.8 Å². The molecule has 180 valence electrons. The van der Waals surface area contributed by atoms with E-state index in [0.717, 1.165) is 11.1 Å². The molecule has 0 aliphatic heterocycles. The van der Waals surface area contributed by atoms with Gasteiger partial charge in [-0.2, -0.15) is 0 Å².